The van der Waals surface area contributed by atoms with E-state index < -0.39 is 0 Å². The van der Waals surface area contributed by atoms with Gasteiger partial charge in [-0.3, -0.25) is 0 Å². The van der Waals surface area contributed by atoms with Crippen LogP contribution in [0.3, 0.4) is 0 Å². The highest BCUT2D eigenvalue weighted by molar-refractivity contribution is 7.98. The van der Waals surface area contributed by atoms with E-state index in [4.69, 9.17) is 5.84 Å². The molecular formula is C17H16N6S. The lowest BCUT2D eigenvalue weighted by atomic mass is 10.1. The number of aromatic nitrogens is 5. The van der Waals surface area contributed by atoms with Crippen LogP contribution in [0.25, 0.3) is 22.4 Å². The predicted molar refractivity (Wildman–Crippen MR) is 96.0 cm³/mol. The number of fused-ring (bicyclic) bond motifs is 1. The summed E-state index contributed by atoms with van der Waals surface area (Å²) in [5, 5.41) is 9.11. The van der Waals surface area contributed by atoms with Gasteiger partial charge in [-0.05, 0) is 24.6 Å². The number of nitrogens with one attached hydrogen (secondary N) is 1. The Morgan fingerprint density at radius 3 is 2.71 bits per heavy atom. The van der Waals surface area contributed by atoms with E-state index in [9.17, 15) is 0 Å². The maximum atomic E-state index is 6.18. The molecule has 6 nitrogen and oxygen atoms in total. The van der Waals surface area contributed by atoms with E-state index in [2.05, 4.69) is 20.2 Å². The van der Waals surface area contributed by atoms with E-state index in [-0.39, 0.29) is 0 Å². The summed E-state index contributed by atoms with van der Waals surface area (Å²) in [5.74, 6) is 8.39. The zero-order chi connectivity index (χ0) is 16.5. The van der Waals surface area contributed by atoms with Gasteiger partial charge in [0.15, 0.2) is 5.82 Å². The summed E-state index contributed by atoms with van der Waals surface area (Å²) in [4.78, 5) is 7.86. The number of H-pyrrole nitrogens is 1. The number of aromatic amines is 1. The number of para-hydroxylation sites is 2. The number of nitrogen functional groups attached to an aromatic ring is 1. The SMILES string of the molecule is Cc1ccccc1-c1nnc(SCc2nc3ccccc3[nH]2)n1N. The molecule has 0 radical (unpaired) electrons. The predicted octanol–water partition coefficient (Wildman–Crippen LogP) is 3.14. The molecule has 0 aliphatic rings. The fraction of sp³-hybridized carbons (Fsp3) is 0.118. The van der Waals surface area contributed by atoms with Crippen LogP contribution >= 0.6 is 11.8 Å². The molecule has 0 atom stereocenters. The molecule has 3 N–H and O–H groups in total. The van der Waals surface area contributed by atoms with Crippen molar-refractivity contribution in [3.63, 3.8) is 0 Å². The Kier molecular flexibility index (Phi) is 3.70. The molecule has 0 bridgehead atoms. The minimum Gasteiger partial charge on any atom is -0.341 e. The second-order valence-corrected chi connectivity index (χ2v) is 6.42. The first-order valence-electron chi connectivity index (χ1n) is 7.55. The van der Waals surface area contributed by atoms with E-state index in [0.717, 1.165) is 28.0 Å². The van der Waals surface area contributed by atoms with Gasteiger partial charge in [0.2, 0.25) is 5.16 Å². The summed E-state index contributed by atoms with van der Waals surface area (Å²) in [5.41, 5.74) is 4.10. The summed E-state index contributed by atoms with van der Waals surface area (Å²) in [6.07, 6.45) is 0. The van der Waals surface area contributed by atoms with Gasteiger partial charge in [-0.2, -0.15) is 0 Å². The van der Waals surface area contributed by atoms with Crippen LogP contribution in [-0.2, 0) is 5.75 Å². The van der Waals surface area contributed by atoms with Gasteiger partial charge < -0.3 is 10.8 Å². The molecule has 4 aromatic rings. The smallest absolute Gasteiger partial charge is 0.210 e. The maximum absolute atomic E-state index is 6.18. The van der Waals surface area contributed by atoms with Crippen molar-refractivity contribution in [3.8, 4) is 11.4 Å². The van der Waals surface area contributed by atoms with Crippen molar-refractivity contribution in [2.75, 3.05) is 5.84 Å². The molecule has 0 spiro atoms. The molecule has 2 heterocycles. The average molecular weight is 336 g/mol. The second-order valence-electron chi connectivity index (χ2n) is 5.48. The van der Waals surface area contributed by atoms with Crippen molar-refractivity contribution in [2.24, 2.45) is 0 Å². The minimum atomic E-state index is 0.651. The number of nitrogens with zero attached hydrogens (tertiary/aromatic N) is 4. The van der Waals surface area contributed by atoms with Gasteiger partial charge in [0.25, 0.3) is 0 Å². The summed E-state index contributed by atoms with van der Waals surface area (Å²) < 4.78 is 1.54. The van der Waals surface area contributed by atoms with Crippen molar-refractivity contribution in [1.82, 2.24) is 24.8 Å². The average Bonchev–Trinajstić information content (AvgIpc) is 3.17. The molecule has 0 fully saturated rings. The van der Waals surface area contributed by atoms with Crippen molar-refractivity contribution in [2.45, 2.75) is 17.8 Å². The summed E-state index contributed by atoms with van der Waals surface area (Å²) in [7, 11) is 0. The third kappa shape index (κ3) is 2.63. The van der Waals surface area contributed by atoms with Crippen LogP contribution < -0.4 is 5.84 Å². The topological polar surface area (TPSA) is 85.4 Å². The maximum Gasteiger partial charge on any atom is 0.210 e. The summed E-state index contributed by atoms with van der Waals surface area (Å²) in [6, 6.07) is 16.0. The Bertz CT molecular complexity index is 970. The highest BCUT2D eigenvalue weighted by Crippen LogP contribution is 2.26. The van der Waals surface area contributed by atoms with E-state index in [1.807, 2.05) is 55.5 Å². The third-order valence-corrected chi connectivity index (χ3v) is 4.78. The molecule has 0 aliphatic heterocycles. The van der Waals surface area contributed by atoms with E-state index in [0.29, 0.717) is 16.7 Å². The molecule has 7 heteroatoms. The molecular weight excluding hydrogens is 320 g/mol. The Morgan fingerprint density at radius 2 is 1.88 bits per heavy atom. The number of benzene rings is 2. The first-order valence-corrected chi connectivity index (χ1v) is 8.54. The minimum absolute atomic E-state index is 0.651. The van der Waals surface area contributed by atoms with Crippen molar-refractivity contribution in [1.29, 1.82) is 0 Å². The summed E-state index contributed by atoms with van der Waals surface area (Å²) >= 11 is 1.51. The van der Waals surface area contributed by atoms with Gasteiger partial charge in [0, 0.05) is 5.56 Å². The number of aryl methyl sites for hydroxylation is 1. The monoisotopic (exact) mass is 336 g/mol. The van der Waals surface area contributed by atoms with Gasteiger partial charge in [-0.25, -0.2) is 9.66 Å². The van der Waals surface area contributed by atoms with Crippen LogP contribution in [0, 0.1) is 6.92 Å². The van der Waals surface area contributed by atoms with Gasteiger partial charge in [0.05, 0.1) is 16.8 Å². The zero-order valence-electron chi connectivity index (χ0n) is 13.1. The third-order valence-electron chi connectivity index (χ3n) is 3.83. The molecule has 0 saturated heterocycles. The van der Waals surface area contributed by atoms with Crippen LogP contribution in [0.1, 0.15) is 11.4 Å². The lowest BCUT2D eigenvalue weighted by Crippen LogP contribution is -2.12. The number of rotatable bonds is 4. The highest BCUT2D eigenvalue weighted by atomic mass is 32.2. The second kappa shape index (κ2) is 6.01. The molecule has 0 saturated carbocycles. The largest absolute Gasteiger partial charge is 0.341 e. The number of hydrogen-bond donors (Lipinski definition) is 2. The van der Waals surface area contributed by atoms with Crippen LogP contribution in [0.15, 0.2) is 53.7 Å². The van der Waals surface area contributed by atoms with Crippen molar-refractivity contribution in [3.05, 3.63) is 59.9 Å². The van der Waals surface area contributed by atoms with Crippen LogP contribution in [0.4, 0.5) is 0 Å². The molecule has 2 aromatic heterocycles. The fourth-order valence-electron chi connectivity index (χ4n) is 2.59. The molecule has 2 aromatic carbocycles. The quantitative estimate of drug-likeness (QED) is 0.442. The lowest BCUT2D eigenvalue weighted by Gasteiger charge is -2.05. The Morgan fingerprint density at radius 1 is 1.08 bits per heavy atom. The van der Waals surface area contributed by atoms with Gasteiger partial charge >= 0.3 is 0 Å². The van der Waals surface area contributed by atoms with E-state index in [1.54, 1.807) is 0 Å². The number of hydrogen-bond acceptors (Lipinski definition) is 5. The number of thioether (sulfide) groups is 1. The molecule has 0 amide bonds. The standard InChI is InChI=1S/C17H16N6S/c1-11-6-2-3-7-12(11)16-21-22-17(23(16)18)24-10-15-19-13-8-4-5-9-14(13)20-15/h2-9H,10,18H2,1H3,(H,19,20). The summed E-state index contributed by atoms with van der Waals surface area (Å²) in [6.45, 7) is 2.03. The van der Waals surface area contributed by atoms with Gasteiger partial charge in [-0.1, -0.05) is 48.2 Å². The number of imidazole rings is 1. The zero-order valence-corrected chi connectivity index (χ0v) is 13.9. The molecule has 24 heavy (non-hydrogen) atoms. The highest BCUT2D eigenvalue weighted by Gasteiger charge is 2.14. The van der Waals surface area contributed by atoms with Crippen LogP contribution in [0.5, 0.6) is 0 Å². The first kappa shape index (κ1) is 14.8. The lowest BCUT2D eigenvalue weighted by molar-refractivity contribution is 0.848. The fourth-order valence-corrected chi connectivity index (χ4v) is 3.32. The van der Waals surface area contributed by atoms with E-state index in [1.165, 1.54) is 16.4 Å². The van der Waals surface area contributed by atoms with Gasteiger partial charge in [0.1, 0.15) is 5.82 Å². The first-order chi connectivity index (χ1) is 11.7. The molecule has 120 valence electrons. The van der Waals surface area contributed by atoms with Gasteiger partial charge in [-0.15, -0.1) is 10.2 Å². The Balaban J connectivity index is 1.56. The van der Waals surface area contributed by atoms with Crippen LogP contribution in [-0.4, -0.2) is 24.8 Å². The van der Waals surface area contributed by atoms with E-state index >= 15 is 0 Å². The normalized spacial score (nSPS) is 11.2. The van der Waals surface area contributed by atoms with Crippen LogP contribution in [0.2, 0.25) is 0 Å². The van der Waals surface area contributed by atoms with Crippen molar-refractivity contribution < 1.29 is 0 Å². The number of nitrogens with two attached hydrogens (primary N) is 1. The Labute approximate surface area is 143 Å². The van der Waals surface area contributed by atoms with Crippen molar-refractivity contribution >= 4 is 22.8 Å². The molecule has 0 aliphatic carbocycles. The molecule has 0 unspecified atom stereocenters. The Hall–Kier alpha value is -2.80. The molecule has 4 rings (SSSR count).